The molecule has 0 bridgehead atoms. The fourth-order valence-electron chi connectivity index (χ4n) is 3.11. The first kappa shape index (κ1) is 20.6. The van der Waals surface area contributed by atoms with Gasteiger partial charge in [-0.25, -0.2) is 4.98 Å². The standard InChI is InChI=1S/C21H27N5O3/c1-14(2)7-18(23-9-15-10-24-26(3)12-15)21(27)25-16-5-6-17(19(8-16)28-4)20-11-22-13-29-20/h5-6,8,10-14,18,23H,7,9H2,1-4H3,(H,25,27)/t18-/m1/s1. The van der Waals surface area contributed by atoms with Crippen LogP contribution >= 0.6 is 0 Å². The van der Waals surface area contributed by atoms with Crippen molar-refractivity contribution in [3.63, 3.8) is 0 Å². The number of nitrogens with zero attached hydrogens (tertiary/aromatic N) is 3. The Hall–Kier alpha value is -3.13. The molecule has 0 aliphatic heterocycles. The Bertz CT molecular complexity index is 934. The van der Waals surface area contributed by atoms with E-state index in [0.29, 0.717) is 29.7 Å². The molecule has 3 aromatic rings. The minimum absolute atomic E-state index is 0.0861. The summed E-state index contributed by atoms with van der Waals surface area (Å²) >= 11 is 0. The van der Waals surface area contributed by atoms with Gasteiger partial charge in [0.2, 0.25) is 5.91 Å². The molecule has 2 aromatic heterocycles. The average Bonchev–Trinajstić information content (AvgIpc) is 3.36. The molecule has 2 heterocycles. The lowest BCUT2D eigenvalue weighted by Crippen LogP contribution is -2.41. The number of anilines is 1. The molecule has 0 spiro atoms. The third kappa shape index (κ3) is 5.45. The van der Waals surface area contributed by atoms with E-state index >= 15 is 0 Å². The summed E-state index contributed by atoms with van der Waals surface area (Å²) in [4.78, 5) is 16.9. The molecule has 0 aliphatic carbocycles. The predicted octanol–water partition coefficient (Wildman–Crippen LogP) is 3.23. The van der Waals surface area contributed by atoms with Gasteiger partial charge in [0.25, 0.3) is 0 Å². The Morgan fingerprint density at radius 3 is 2.76 bits per heavy atom. The van der Waals surface area contributed by atoms with Crippen molar-refractivity contribution in [1.29, 1.82) is 0 Å². The van der Waals surface area contributed by atoms with Crippen molar-refractivity contribution in [3.8, 4) is 17.1 Å². The van der Waals surface area contributed by atoms with Gasteiger partial charge in [-0.2, -0.15) is 5.10 Å². The highest BCUT2D eigenvalue weighted by atomic mass is 16.5. The average molecular weight is 397 g/mol. The maximum atomic E-state index is 12.9. The van der Waals surface area contributed by atoms with Crippen molar-refractivity contribution < 1.29 is 13.9 Å². The van der Waals surface area contributed by atoms with Crippen LogP contribution in [0, 0.1) is 5.92 Å². The smallest absolute Gasteiger partial charge is 0.241 e. The molecule has 0 fully saturated rings. The van der Waals surface area contributed by atoms with Crippen molar-refractivity contribution in [3.05, 3.63) is 48.7 Å². The Labute approximate surface area is 170 Å². The summed E-state index contributed by atoms with van der Waals surface area (Å²) < 4.78 is 12.6. The topological polar surface area (TPSA) is 94.2 Å². The van der Waals surface area contributed by atoms with E-state index in [-0.39, 0.29) is 11.9 Å². The van der Waals surface area contributed by atoms with Crippen LogP contribution < -0.4 is 15.4 Å². The quantitative estimate of drug-likeness (QED) is 0.576. The van der Waals surface area contributed by atoms with Gasteiger partial charge < -0.3 is 19.8 Å². The molecule has 1 aromatic carbocycles. The zero-order valence-electron chi connectivity index (χ0n) is 17.2. The Morgan fingerprint density at radius 2 is 2.14 bits per heavy atom. The second kappa shape index (κ2) is 9.38. The van der Waals surface area contributed by atoms with Crippen LogP contribution in [0.4, 0.5) is 5.69 Å². The first-order chi connectivity index (χ1) is 14.0. The van der Waals surface area contributed by atoms with Crippen LogP contribution in [0.15, 0.2) is 47.6 Å². The highest BCUT2D eigenvalue weighted by molar-refractivity contribution is 5.95. The molecule has 29 heavy (non-hydrogen) atoms. The number of hydrogen-bond acceptors (Lipinski definition) is 6. The number of methoxy groups -OCH3 is 1. The van der Waals surface area contributed by atoms with E-state index in [0.717, 1.165) is 17.5 Å². The number of nitrogens with one attached hydrogen (secondary N) is 2. The number of carbonyl (C=O) groups excluding carboxylic acids is 1. The van der Waals surface area contributed by atoms with Crippen LogP contribution in [0.25, 0.3) is 11.3 Å². The number of aromatic nitrogens is 3. The molecule has 8 heteroatoms. The lowest BCUT2D eigenvalue weighted by atomic mass is 10.0. The van der Waals surface area contributed by atoms with Crippen LogP contribution in [0.3, 0.4) is 0 Å². The molecule has 0 saturated heterocycles. The van der Waals surface area contributed by atoms with E-state index in [2.05, 4.69) is 34.6 Å². The van der Waals surface area contributed by atoms with Gasteiger partial charge in [0.05, 0.1) is 31.1 Å². The predicted molar refractivity (Wildman–Crippen MR) is 110 cm³/mol. The number of carbonyl (C=O) groups is 1. The Morgan fingerprint density at radius 1 is 1.31 bits per heavy atom. The molecule has 0 unspecified atom stereocenters. The van der Waals surface area contributed by atoms with E-state index in [1.54, 1.807) is 30.3 Å². The summed E-state index contributed by atoms with van der Waals surface area (Å²) in [5, 5.41) is 10.5. The van der Waals surface area contributed by atoms with Gasteiger partial charge >= 0.3 is 0 Å². The molecule has 3 rings (SSSR count). The molecule has 2 N–H and O–H groups in total. The van der Waals surface area contributed by atoms with Gasteiger partial charge in [0.15, 0.2) is 12.2 Å². The molecule has 1 atom stereocenters. The van der Waals surface area contributed by atoms with Crippen LogP contribution in [0.1, 0.15) is 25.8 Å². The van der Waals surface area contributed by atoms with Crippen LogP contribution in [-0.2, 0) is 18.4 Å². The normalized spacial score (nSPS) is 12.2. The molecular formula is C21H27N5O3. The first-order valence-electron chi connectivity index (χ1n) is 9.55. The largest absolute Gasteiger partial charge is 0.496 e. The maximum absolute atomic E-state index is 12.9. The maximum Gasteiger partial charge on any atom is 0.241 e. The number of aryl methyl sites for hydroxylation is 1. The Balaban J connectivity index is 1.71. The summed E-state index contributed by atoms with van der Waals surface area (Å²) in [6, 6.07) is 5.13. The van der Waals surface area contributed by atoms with Gasteiger partial charge in [0, 0.05) is 37.1 Å². The van der Waals surface area contributed by atoms with Gasteiger partial charge in [-0.1, -0.05) is 13.8 Å². The first-order valence-corrected chi connectivity index (χ1v) is 9.55. The molecule has 154 valence electrons. The van der Waals surface area contributed by atoms with E-state index in [1.165, 1.54) is 6.39 Å². The van der Waals surface area contributed by atoms with Crippen LogP contribution in [-0.4, -0.2) is 33.8 Å². The van der Waals surface area contributed by atoms with E-state index < -0.39 is 0 Å². The summed E-state index contributed by atoms with van der Waals surface area (Å²) in [6.45, 7) is 4.77. The van der Waals surface area contributed by atoms with Gasteiger partial charge in [-0.3, -0.25) is 9.48 Å². The Kier molecular flexibility index (Phi) is 6.66. The van der Waals surface area contributed by atoms with Crippen molar-refractivity contribution in [1.82, 2.24) is 20.1 Å². The number of oxazole rings is 1. The molecule has 0 saturated carbocycles. The van der Waals surface area contributed by atoms with Crippen molar-refractivity contribution in [2.24, 2.45) is 13.0 Å². The molecule has 0 radical (unpaired) electrons. The molecule has 0 aliphatic rings. The van der Waals surface area contributed by atoms with Gasteiger partial charge in [-0.15, -0.1) is 0 Å². The van der Waals surface area contributed by atoms with Crippen molar-refractivity contribution in [2.45, 2.75) is 32.9 Å². The lowest BCUT2D eigenvalue weighted by Gasteiger charge is -2.20. The lowest BCUT2D eigenvalue weighted by molar-refractivity contribution is -0.118. The third-order valence-electron chi connectivity index (χ3n) is 4.50. The summed E-state index contributed by atoms with van der Waals surface area (Å²) in [5.41, 5.74) is 2.47. The second-order valence-electron chi connectivity index (χ2n) is 7.36. The number of benzene rings is 1. The highest BCUT2D eigenvalue weighted by Crippen LogP contribution is 2.32. The number of ether oxygens (including phenoxy) is 1. The number of hydrogen-bond donors (Lipinski definition) is 2. The van der Waals surface area contributed by atoms with Gasteiger partial charge in [-0.05, 0) is 24.5 Å². The van der Waals surface area contributed by atoms with E-state index in [1.807, 2.05) is 25.4 Å². The van der Waals surface area contributed by atoms with Crippen molar-refractivity contribution in [2.75, 3.05) is 12.4 Å². The van der Waals surface area contributed by atoms with E-state index in [4.69, 9.17) is 9.15 Å². The molecule has 8 nitrogen and oxygen atoms in total. The minimum Gasteiger partial charge on any atom is -0.496 e. The van der Waals surface area contributed by atoms with Crippen molar-refractivity contribution >= 4 is 11.6 Å². The second-order valence-corrected chi connectivity index (χ2v) is 7.36. The summed E-state index contributed by atoms with van der Waals surface area (Å²) in [5.74, 6) is 1.49. The molecule has 1 amide bonds. The van der Waals surface area contributed by atoms with E-state index in [9.17, 15) is 4.79 Å². The third-order valence-corrected chi connectivity index (χ3v) is 4.50. The monoisotopic (exact) mass is 397 g/mol. The molecular weight excluding hydrogens is 370 g/mol. The minimum atomic E-state index is -0.324. The van der Waals surface area contributed by atoms with Crippen LogP contribution in [0.2, 0.25) is 0 Å². The zero-order chi connectivity index (χ0) is 20.8. The highest BCUT2D eigenvalue weighted by Gasteiger charge is 2.20. The van der Waals surface area contributed by atoms with Crippen LogP contribution in [0.5, 0.6) is 5.75 Å². The summed E-state index contributed by atoms with van der Waals surface area (Å²) in [7, 11) is 3.45. The number of rotatable bonds is 9. The van der Waals surface area contributed by atoms with Gasteiger partial charge in [0.1, 0.15) is 5.75 Å². The fraction of sp³-hybridized carbons (Fsp3) is 0.381. The number of amides is 1. The fourth-order valence-corrected chi connectivity index (χ4v) is 3.11. The zero-order valence-corrected chi connectivity index (χ0v) is 17.2. The summed E-state index contributed by atoms with van der Waals surface area (Å²) in [6.07, 6.45) is 7.44. The SMILES string of the molecule is COc1cc(NC(=O)[C@@H](CC(C)C)NCc2cnn(C)c2)ccc1-c1cnco1.